The number of nitrogens with one attached hydrogen (secondary N) is 1. The quantitative estimate of drug-likeness (QED) is 0.864. The number of nitrogens with zero attached hydrogens (tertiary/aromatic N) is 1. The number of rotatable bonds is 5. The van der Waals surface area contributed by atoms with Gasteiger partial charge in [0.05, 0.1) is 11.4 Å². The predicted molar refractivity (Wildman–Crippen MR) is 91.4 cm³/mol. The van der Waals surface area contributed by atoms with Crippen molar-refractivity contribution in [2.75, 3.05) is 18.0 Å². The second kappa shape index (κ2) is 6.27. The largest absolute Gasteiger partial charge is 0.391 e. The number of benzene rings is 2. The van der Waals surface area contributed by atoms with E-state index in [-0.39, 0.29) is 0 Å². The number of hydrogen-bond acceptors (Lipinski definition) is 3. The average molecular weight is 296 g/mol. The van der Waals surface area contributed by atoms with Crippen LogP contribution in [0.25, 0.3) is 0 Å². The SMILES string of the molecule is C=CNCC(C)CN1c2ccccc2Sc2ccccc21. The van der Waals surface area contributed by atoms with Gasteiger partial charge in [-0.2, -0.15) is 0 Å². The monoisotopic (exact) mass is 296 g/mol. The zero-order valence-corrected chi connectivity index (χ0v) is 13.1. The van der Waals surface area contributed by atoms with Crippen LogP contribution >= 0.6 is 11.8 Å². The Morgan fingerprint density at radius 1 is 1.10 bits per heavy atom. The molecule has 2 nitrogen and oxygen atoms in total. The fourth-order valence-electron chi connectivity index (χ4n) is 2.64. The van der Waals surface area contributed by atoms with Gasteiger partial charge in [0.1, 0.15) is 0 Å². The molecule has 1 N–H and O–H groups in total. The highest BCUT2D eigenvalue weighted by Crippen LogP contribution is 2.47. The Labute approximate surface area is 130 Å². The van der Waals surface area contributed by atoms with E-state index >= 15 is 0 Å². The molecular formula is C18H20N2S. The van der Waals surface area contributed by atoms with Crippen molar-refractivity contribution in [2.45, 2.75) is 16.7 Å². The molecule has 0 saturated carbocycles. The van der Waals surface area contributed by atoms with Crippen LogP contribution in [0.4, 0.5) is 11.4 Å². The number of para-hydroxylation sites is 2. The summed E-state index contributed by atoms with van der Waals surface area (Å²) in [5.74, 6) is 0.534. The van der Waals surface area contributed by atoms with Gasteiger partial charge in [-0.15, -0.1) is 0 Å². The summed E-state index contributed by atoms with van der Waals surface area (Å²) in [5, 5.41) is 3.22. The van der Waals surface area contributed by atoms with Crippen LogP contribution in [0.3, 0.4) is 0 Å². The molecule has 0 spiro atoms. The highest BCUT2D eigenvalue weighted by Gasteiger charge is 2.23. The lowest BCUT2D eigenvalue weighted by molar-refractivity contribution is 0.559. The van der Waals surface area contributed by atoms with Crippen LogP contribution in [0.15, 0.2) is 71.1 Å². The van der Waals surface area contributed by atoms with Gasteiger partial charge in [0.15, 0.2) is 0 Å². The van der Waals surface area contributed by atoms with Crippen LogP contribution in [0, 0.1) is 5.92 Å². The van der Waals surface area contributed by atoms with Gasteiger partial charge in [0.2, 0.25) is 0 Å². The van der Waals surface area contributed by atoms with E-state index < -0.39 is 0 Å². The predicted octanol–water partition coefficient (Wildman–Crippen LogP) is 4.66. The molecule has 0 amide bonds. The van der Waals surface area contributed by atoms with Crippen molar-refractivity contribution in [3.05, 3.63) is 61.3 Å². The van der Waals surface area contributed by atoms with Crippen molar-refractivity contribution in [1.82, 2.24) is 5.32 Å². The van der Waals surface area contributed by atoms with Crippen LogP contribution in [0.5, 0.6) is 0 Å². The Kier molecular flexibility index (Phi) is 4.20. The topological polar surface area (TPSA) is 15.3 Å². The molecule has 0 aromatic heterocycles. The van der Waals surface area contributed by atoms with Gasteiger partial charge in [-0.05, 0) is 36.4 Å². The molecule has 1 aliphatic rings. The minimum absolute atomic E-state index is 0.534. The maximum atomic E-state index is 3.72. The molecule has 3 rings (SSSR count). The Hall–Kier alpha value is -1.87. The third kappa shape index (κ3) is 2.93. The van der Waals surface area contributed by atoms with Crippen molar-refractivity contribution in [2.24, 2.45) is 5.92 Å². The van der Waals surface area contributed by atoms with Crippen LogP contribution in [0.1, 0.15) is 6.92 Å². The first-order valence-electron chi connectivity index (χ1n) is 7.27. The molecule has 0 aliphatic carbocycles. The third-order valence-electron chi connectivity index (χ3n) is 3.64. The van der Waals surface area contributed by atoms with Crippen LogP contribution in [-0.4, -0.2) is 13.1 Å². The average Bonchev–Trinajstić information content (AvgIpc) is 2.52. The summed E-state index contributed by atoms with van der Waals surface area (Å²) in [6.07, 6.45) is 1.77. The zero-order chi connectivity index (χ0) is 14.7. The molecule has 3 heteroatoms. The number of hydrogen-bond donors (Lipinski definition) is 1. The summed E-state index contributed by atoms with van der Waals surface area (Å²) in [6, 6.07) is 17.3. The molecule has 0 saturated heterocycles. The Bertz CT molecular complexity index is 593. The molecule has 0 fully saturated rings. The Morgan fingerprint density at radius 3 is 2.24 bits per heavy atom. The van der Waals surface area contributed by atoms with E-state index in [1.54, 1.807) is 6.20 Å². The first-order valence-corrected chi connectivity index (χ1v) is 8.09. The molecule has 2 aromatic carbocycles. The summed E-state index contributed by atoms with van der Waals surface area (Å²) in [4.78, 5) is 5.11. The summed E-state index contributed by atoms with van der Waals surface area (Å²) in [7, 11) is 0. The highest BCUT2D eigenvalue weighted by molar-refractivity contribution is 7.99. The van der Waals surface area contributed by atoms with Crippen molar-refractivity contribution < 1.29 is 0 Å². The van der Waals surface area contributed by atoms with Gasteiger partial charge < -0.3 is 10.2 Å². The van der Waals surface area contributed by atoms with Gasteiger partial charge >= 0.3 is 0 Å². The molecule has 21 heavy (non-hydrogen) atoms. The second-order valence-corrected chi connectivity index (χ2v) is 6.45. The van der Waals surface area contributed by atoms with Crippen molar-refractivity contribution in [3.8, 4) is 0 Å². The molecule has 2 aromatic rings. The molecule has 1 unspecified atom stereocenters. The number of fused-ring (bicyclic) bond motifs is 2. The van der Waals surface area contributed by atoms with E-state index in [9.17, 15) is 0 Å². The number of anilines is 2. The molecule has 108 valence electrons. The van der Waals surface area contributed by atoms with Crippen LogP contribution < -0.4 is 10.2 Å². The summed E-state index contributed by atoms with van der Waals surface area (Å²) in [5.41, 5.74) is 2.62. The van der Waals surface area contributed by atoms with Crippen LogP contribution in [0.2, 0.25) is 0 Å². The lowest BCUT2D eigenvalue weighted by atomic mass is 10.1. The minimum Gasteiger partial charge on any atom is -0.391 e. The first-order chi connectivity index (χ1) is 10.3. The van der Waals surface area contributed by atoms with E-state index in [1.165, 1.54) is 21.2 Å². The van der Waals surface area contributed by atoms with Gasteiger partial charge in [-0.3, -0.25) is 0 Å². The molecule has 1 aliphatic heterocycles. The zero-order valence-electron chi connectivity index (χ0n) is 12.3. The van der Waals surface area contributed by atoms with E-state index in [4.69, 9.17) is 0 Å². The van der Waals surface area contributed by atoms with Gasteiger partial charge in [0.25, 0.3) is 0 Å². The lowest BCUT2D eigenvalue weighted by Gasteiger charge is -2.34. The summed E-state index contributed by atoms with van der Waals surface area (Å²) >= 11 is 1.86. The van der Waals surface area contributed by atoms with Gasteiger partial charge in [-0.25, -0.2) is 0 Å². The van der Waals surface area contributed by atoms with Crippen LogP contribution in [-0.2, 0) is 0 Å². The van der Waals surface area contributed by atoms with E-state index in [0.29, 0.717) is 5.92 Å². The smallest absolute Gasteiger partial charge is 0.0552 e. The van der Waals surface area contributed by atoms with E-state index in [1.807, 2.05) is 11.8 Å². The van der Waals surface area contributed by atoms with Crippen molar-refractivity contribution in [1.29, 1.82) is 0 Å². The Balaban J connectivity index is 1.93. The fourth-order valence-corrected chi connectivity index (χ4v) is 3.73. The molecule has 0 bridgehead atoms. The molecular weight excluding hydrogens is 276 g/mol. The lowest BCUT2D eigenvalue weighted by Crippen LogP contribution is -2.30. The normalized spacial score (nSPS) is 14.0. The maximum Gasteiger partial charge on any atom is 0.0552 e. The van der Waals surface area contributed by atoms with E-state index in [2.05, 4.69) is 72.3 Å². The van der Waals surface area contributed by atoms with Crippen molar-refractivity contribution >= 4 is 23.1 Å². The highest BCUT2D eigenvalue weighted by atomic mass is 32.2. The molecule has 1 heterocycles. The van der Waals surface area contributed by atoms with Gasteiger partial charge in [-0.1, -0.05) is 49.5 Å². The third-order valence-corrected chi connectivity index (χ3v) is 4.77. The van der Waals surface area contributed by atoms with Crippen molar-refractivity contribution in [3.63, 3.8) is 0 Å². The molecule has 1 atom stereocenters. The second-order valence-electron chi connectivity index (χ2n) is 5.37. The summed E-state index contributed by atoms with van der Waals surface area (Å²) < 4.78 is 0. The van der Waals surface area contributed by atoms with Gasteiger partial charge in [0, 0.05) is 22.9 Å². The minimum atomic E-state index is 0.534. The van der Waals surface area contributed by atoms with E-state index in [0.717, 1.165) is 13.1 Å². The Morgan fingerprint density at radius 2 is 1.67 bits per heavy atom. The fraction of sp³-hybridized carbons (Fsp3) is 0.222. The molecule has 0 radical (unpaired) electrons. The standard InChI is InChI=1S/C18H20N2S/c1-3-19-12-14(2)13-20-15-8-4-6-10-17(15)21-18-11-7-5-9-16(18)20/h3-11,14,19H,1,12-13H2,2H3. The summed E-state index contributed by atoms with van der Waals surface area (Å²) in [6.45, 7) is 7.93. The first kappa shape index (κ1) is 14.1. The maximum absolute atomic E-state index is 3.72.